The number of nitrogens with zero attached hydrogens (tertiary/aromatic N) is 1. The summed E-state index contributed by atoms with van der Waals surface area (Å²) in [4.78, 5) is 14.7. The van der Waals surface area contributed by atoms with Gasteiger partial charge in [-0.2, -0.15) is 0 Å². The van der Waals surface area contributed by atoms with E-state index in [2.05, 4.69) is 46.7 Å². The first-order valence-electron chi connectivity index (χ1n) is 8.54. The van der Waals surface area contributed by atoms with E-state index in [-0.39, 0.29) is 30.7 Å². The summed E-state index contributed by atoms with van der Waals surface area (Å²) in [5.74, 6) is 0.666. The van der Waals surface area contributed by atoms with Crippen LogP contribution in [-0.2, 0) is 13.0 Å². The zero-order chi connectivity index (χ0) is 16.9. The Hall–Kier alpha value is -1.69. The molecular weight excluding hydrogens is 373 g/mol. The number of amides is 1. The third-order valence-corrected chi connectivity index (χ3v) is 4.54. The number of fused-ring (bicyclic) bond motifs is 1. The van der Waals surface area contributed by atoms with E-state index >= 15 is 0 Å². The minimum absolute atomic E-state index is 0. The summed E-state index contributed by atoms with van der Waals surface area (Å²) in [7, 11) is 1.91. The van der Waals surface area contributed by atoms with Crippen LogP contribution in [-0.4, -0.2) is 32.1 Å². The van der Waals surface area contributed by atoms with Crippen molar-refractivity contribution < 1.29 is 9.21 Å². The SMILES string of the molecule is CNCCCNC(=O)c1ccoc1CN1c2ccccc2CC1C.Cl.Cl. The summed E-state index contributed by atoms with van der Waals surface area (Å²) in [5, 5.41) is 6.03. The Labute approximate surface area is 167 Å². The molecule has 2 N–H and O–H groups in total. The normalized spacial score (nSPS) is 15.0. The highest BCUT2D eigenvalue weighted by Gasteiger charge is 2.27. The van der Waals surface area contributed by atoms with Crippen molar-refractivity contribution in [3.05, 3.63) is 53.5 Å². The monoisotopic (exact) mass is 399 g/mol. The average molecular weight is 400 g/mol. The van der Waals surface area contributed by atoms with Gasteiger partial charge in [-0.15, -0.1) is 24.8 Å². The summed E-state index contributed by atoms with van der Waals surface area (Å²) >= 11 is 0. The summed E-state index contributed by atoms with van der Waals surface area (Å²) in [5.41, 5.74) is 3.23. The second-order valence-corrected chi connectivity index (χ2v) is 6.28. The van der Waals surface area contributed by atoms with Gasteiger partial charge in [0.1, 0.15) is 5.76 Å². The molecule has 1 amide bonds. The number of hydrogen-bond acceptors (Lipinski definition) is 4. The van der Waals surface area contributed by atoms with Gasteiger partial charge in [-0.3, -0.25) is 4.79 Å². The van der Waals surface area contributed by atoms with Gasteiger partial charge >= 0.3 is 0 Å². The zero-order valence-corrected chi connectivity index (χ0v) is 16.8. The molecular formula is C19H27Cl2N3O2. The molecule has 1 aromatic carbocycles. The van der Waals surface area contributed by atoms with Crippen LogP contribution in [0.15, 0.2) is 41.0 Å². The number of benzene rings is 1. The van der Waals surface area contributed by atoms with Crippen molar-refractivity contribution in [2.45, 2.75) is 32.4 Å². The first-order chi connectivity index (χ1) is 11.7. The van der Waals surface area contributed by atoms with E-state index in [4.69, 9.17) is 4.42 Å². The molecule has 1 atom stereocenters. The predicted molar refractivity (Wildman–Crippen MR) is 110 cm³/mol. The van der Waals surface area contributed by atoms with Crippen LogP contribution in [0.3, 0.4) is 0 Å². The molecule has 0 saturated heterocycles. The van der Waals surface area contributed by atoms with Gasteiger partial charge in [0.15, 0.2) is 0 Å². The number of carbonyl (C=O) groups is 1. The lowest BCUT2D eigenvalue weighted by molar-refractivity contribution is 0.0951. The molecule has 0 spiro atoms. The van der Waals surface area contributed by atoms with Crippen molar-refractivity contribution in [2.24, 2.45) is 0 Å². The molecule has 1 aromatic heterocycles. The smallest absolute Gasteiger partial charge is 0.254 e. The highest BCUT2D eigenvalue weighted by molar-refractivity contribution is 5.95. The maximum absolute atomic E-state index is 12.4. The largest absolute Gasteiger partial charge is 0.467 e. The third-order valence-electron chi connectivity index (χ3n) is 4.54. The molecule has 0 fully saturated rings. The molecule has 0 bridgehead atoms. The first kappa shape index (κ1) is 22.4. The quantitative estimate of drug-likeness (QED) is 0.700. The number of furan rings is 1. The lowest BCUT2D eigenvalue weighted by Gasteiger charge is -2.24. The van der Waals surface area contributed by atoms with Crippen molar-refractivity contribution in [2.75, 3.05) is 25.0 Å². The van der Waals surface area contributed by atoms with E-state index in [9.17, 15) is 4.79 Å². The summed E-state index contributed by atoms with van der Waals surface area (Å²) < 4.78 is 5.62. The van der Waals surface area contributed by atoms with E-state index in [0.29, 0.717) is 24.7 Å². The Morgan fingerprint density at radius 1 is 1.23 bits per heavy atom. The van der Waals surface area contributed by atoms with Gasteiger partial charge in [0.2, 0.25) is 0 Å². The molecule has 2 heterocycles. The molecule has 7 heteroatoms. The Kier molecular flexibility index (Phi) is 8.99. The van der Waals surface area contributed by atoms with Gasteiger partial charge in [-0.25, -0.2) is 0 Å². The van der Waals surface area contributed by atoms with Crippen LogP contribution in [0, 0.1) is 0 Å². The standard InChI is InChI=1S/C19H25N3O2.2ClH/c1-14-12-15-6-3-4-7-17(15)22(14)13-18-16(8-11-24-18)19(23)21-10-5-9-20-2;;/h3-4,6-8,11,14,20H,5,9-10,12-13H2,1-2H3,(H,21,23);2*1H. The van der Waals surface area contributed by atoms with Crippen LogP contribution in [0.5, 0.6) is 0 Å². The minimum atomic E-state index is -0.0602. The van der Waals surface area contributed by atoms with Gasteiger partial charge < -0.3 is 20.0 Å². The number of hydrogen-bond donors (Lipinski definition) is 2. The van der Waals surface area contributed by atoms with E-state index in [1.165, 1.54) is 11.3 Å². The topological polar surface area (TPSA) is 57.5 Å². The van der Waals surface area contributed by atoms with Gasteiger partial charge in [-0.1, -0.05) is 18.2 Å². The Morgan fingerprint density at radius 2 is 2.00 bits per heavy atom. The lowest BCUT2D eigenvalue weighted by atomic mass is 10.1. The molecule has 144 valence electrons. The molecule has 0 radical (unpaired) electrons. The number of rotatable bonds is 7. The maximum Gasteiger partial charge on any atom is 0.254 e. The Balaban J connectivity index is 0.00000169. The molecule has 2 aromatic rings. The van der Waals surface area contributed by atoms with Gasteiger partial charge in [-0.05, 0) is 51.1 Å². The number of carbonyl (C=O) groups excluding carboxylic acids is 1. The number of para-hydroxylation sites is 1. The zero-order valence-electron chi connectivity index (χ0n) is 15.2. The van der Waals surface area contributed by atoms with E-state index in [0.717, 1.165) is 25.1 Å². The summed E-state index contributed by atoms with van der Waals surface area (Å²) in [6.07, 6.45) is 3.54. The molecule has 26 heavy (non-hydrogen) atoms. The fourth-order valence-corrected chi connectivity index (χ4v) is 3.25. The maximum atomic E-state index is 12.4. The van der Waals surface area contributed by atoms with Gasteiger partial charge in [0.25, 0.3) is 5.91 Å². The highest BCUT2D eigenvalue weighted by atomic mass is 35.5. The fraction of sp³-hybridized carbons (Fsp3) is 0.421. The van der Waals surface area contributed by atoms with Crippen LogP contribution < -0.4 is 15.5 Å². The molecule has 0 saturated carbocycles. The van der Waals surface area contributed by atoms with Crippen molar-refractivity contribution in [1.82, 2.24) is 10.6 Å². The van der Waals surface area contributed by atoms with Crippen molar-refractivity contribution in [3.63, 3.8) is 0 Å². The lowest BCUT2D eigenvalue weighted by Crippen LogP contribution is -2.31. The Bertz CT molecular complexity index is 706. The van der Waals surface area contributed by atoms with Gasteiger partial charge in [0, 0.05) is 18.3 Å². The second kappa shape index (κ2) is 10.5. The molecule has 0 aliphatic carbocycles. The molecule has 3 rings (SSSR count). The van der Waals surface area contributed by atoms with E-state index in [1.54, 1.807) is 12.3 Å². The minimum Gasteiger partial charge on any atom is -0.467 e. The van der Waals surface area contributed by atoms with E-state index in [1.807, 2.05) is 7.05 Å². The molecule has 5 nitrogen and oxygen atoms in total. The number of anilines is 1. The molecule has 1 aliphatic rings. The van der Waals surface area contributed by atoms with Crippen LogP contribution >= 0.6 is 24.8 Å². The fourth-order valence-electron chi connectivity index (χ4n) is 3.25. The van der Waals surface area contributed by atoms with Crippen LogP contribution in [0.1, 0.15) is 35.0 Å². The van der Waals surface area contributed by atoms with E-state index < -0.39 is 0 Å². The van der Waals surface area contributed by atoms with Gasteiger partial charge in [0.05, 0.1) is 18.4 Å². The van der Waals surface area contributed by atoms with Crippen molar-refractivity contribution >= 4 is 36.4 Å². The van der Waals surface area contributed by atoms with Crippen molar-refractivity contribution in [1.29, 1.82) is 0 Å². The van der Waals surface area contributed by atoms with Crippen LogP contribution in [0.2, 0.25) is 0 Å². The van der Waals surface area contributed by atoms with Crippen molar-refractivity contribution in [3.8, 4) is 0 Å². The second-order valence-electron chi connectivity index (χ2n) is 6.28. The average Bonchev–Trinajstić information content (AvgIpc) is 3.17. The number of halogens is 2. The molecule has 1 aliphatic heterocycles. The number of nitrogens with one attached hydrogen (secondary N) is 2. The Morgan fingerprint density at radius 3 is 2.77 bits per heavy atom. The van der Waals surface area contributed by atoms with Crippen LogP contribution in [0.4, 0.5) is 5.69 Å². The highest BCUT2D eigenvalue weighted by Crippen LogP contribution is 2.33. The summed E-state index contributed by atoms with van der Waals surface area (Å²) in [6, 6.07) is 10.6. The molecule has 1 unspecified atom stereocenters. The third kappa shape index (κ3) is 4.93. The van der Waals surface area contributed by atoms with Crippen LogP contribution in [0.25, 0.3) is 0 Å². The summed E-state index contributed by atoms with van der Waals surface area (Å²) in [6.45, 7) is 4.37. The first-order valence-corrected chi connectivity index (χ1v) is 8.54. The predicted octanol–water partition coefficient (Wildman–Crippen LogP) is 3.41.